The molecule has 0 saturated carbocycles. The van der Waals surface area contributed by atoms with E-state index in [0.717, 1.165) is 40.7 Å². The third-order valence-electron chi connectivity index (χ3n) is 5.91. The Hall–Kier alpha value is -3.27. The van der Waals surface area contributed by atoms with Crippen molar-refractivity contribution in [3.8, 4) is 11.5 Å². The molecule has 10 heteroatoms. The quantitative estimate of drug-likeness (QED) is 0.247. The Morgan fingerprint density at radius 3 is 2.64 bits per heavy atom. The number of carbonyl (C=O) groups is 1. The van der Waals surface area contributed by atoms with Crippen LogP contribution in [0, 0.1) is 0 Å². The smallest absolute Gasteiger partial charge is 0.244 e. The number of hydrogen-bond donors (Lipinski definition) is 1. The lowest BCUT2D eigenvalue weighted by Crippen LogP contribution is -2.30. The molecule has 0 bridgehead atoms. The molecule has 1 aliphatic rings. The van der Waals surface area contributed by atoms with E-state index in [-0.39, 0.29) is 5.91 Å². The van der Waals surface area contributed by atoms with Crippen LogP contribution in [0.2, 0.25) is 0 Å². The molecule has 1 fully saturated rings. The van der Waals surface area contributed by atoms with Crippen molar-refractivity contribution in [2.24, 2.45) is 0 Å². The number of nitrogens with zero attached hydrogens (tertiary/aromatic N) is 5. The average Bonchev–Trinajstić information content (AvgIpc) is 3.29. The van der Waals surface area contributed by atoms with Crippen LogP contribution in [0.15, 0.2) is 35.6 Å². The third-order valence-corrected chi connectivity index (χ3v) is 6.77. The molecule has 1 amide bonds. The molecule has 9 nitrogen and oxygen atoms in total. The van der Waals surface area contributed by atoms with Crippen molar-refractivity contribution < 1.29 is 14.3 Å². The molecule has 2 aromatic heterocycles. The highest BCUT2D eigenvalue weighted by molar-refractivity contribution is 7.99. The molecule has 3 aromatic rings. The fraction of sp³-hybridized carbons (Fsp3) is 0.462. The Morgan fingerprint density at radius 2 is 1.92 bits per heavy atom. The number of benzene rings is 1. The molecule has 0 spiro atoms. The fourth-order valence-electron chi connectivity index (χ4n) is 4.17. The van der Waals surface area contributed by atoms with E-state index in [2.05, 4.69) is 29.2 Å². The van der Waals surface area contributed by atoms with Gasteiger partial charge in [0.15, 0.2) is 22.3 Å². The van der Waals surface area contributed by atoms with Crippen molar-refractivity contribution >= 4 is 40.6 Å². The van der Waals surface area contributed by atoms with Crippen molar-refractivity contribution in [2.75, 3.05) is 38.8 Å². The summed E-state index contributed by atoms with van der Waals surface area (Å²) in [5, 5.41) is 9.62. The molecule has 0 aliphatic carbocycles. The first-order chi connectivity index (χ1) is 17.5. The van der Waals surface area contributed by atoms with Gasteiger partial charge in [-0.25, -0.2) is 14.6 Å². The van der Waals surface area contributed by atoms with Gasteiger partial charge in [-0.15, -0.1) is 0 Å². The van der Waals surface area contributed by atoms with Gasteiger partial charge in [0.1, 0.15) is 5.82 Å². The molecular weight excluding hydrogens is 476 g/mol. The van der Waals surface area contributed by atoms with Crippen LogP contribution in [0.25, 0.3) is 17.1 Å². The number of anilines is 1. The Balaban J connectivity index is 1.43. The zero-order valence-corrected chi connectivity index (χ0v) is 22.2. The molecule has 1 N–H and O–H groups in total. The van der Waals surface area contributed by atoms with Crippen LogP contribution in [0.5, 0.6) is 11.5 Å². The van der Waals surface area contributed by atoms with Crippen molar-refractivity contribution in [1.29, 1.82) is 0 Å². The van der Waals surface area contributed by atoms with Gasteiger partial charge in [-0.05, 0) is 43.0 Å². The standard InChI is InChI=1S/C26H34N6O3S/c1-18(2)36-26-29-24(31-13-6-5-7-14-31)20-17-28-32(25(20)30-26)15-12-27-23(33)11-9-19-8-10-21(34-3)22(16-19)35-4/h8-11,16-18H,5-7,12-15H2,1-4H3,(H,27,33)/b11-9-. The normalized spacial score (nSPS) is 14.1. The lowest BCUT2D eigenvalue weighted by atomic mass is 10.1. The van der Waals surface area contributed by atoms with Crippen molar-refractivity contribution in [3.05, 3.63) is 36.0 Å². The second kappa shape index (κ2) is 12.1. The van der Waals surface area contributed by atoms with E-state index in [0.29, 0.717) is 29.8 Å². The Bertz CT molecular complexity index is 1220. The molecule has 3 heterocycles. The molecule has 0 unspecified atom stereocenters. The summed E-state index contributed by atoms with van der Waals surface area (Å²) in [5.41, 5.74) is 1.65. The van der Waals surface area contributed by atoms with Crippen LogP contribution < -0.4 is 19.7 Å². The summed E-state index contributed by atoms with van der Waals surface area (Å²) in [6, 6.07) is 5.50. The molecular formula is C26H34N6O3S. The van der Waals surface area contributed by atoms with Gasteiger partial charge >= 0.3 is 0 Å². The van der Waals surface area contributed by atoms with E-state index in [1.54, 1.807) is 32.1 Å². The van der Waals surface area contributed by atoms with Crippen molar-refractivity contribution in [2.45, 2.75) is 50.1 Å². The Morgan fingerprint density at radius 1 is 1.14 bits per heavy atom. The average molecular weight is 511 g/mol. The highest BCUT2D eigenvalue weighted by atomic mass is 32.2. The largest absolute Gasteiger partial charge is 0.493 e. The molecule has 0 radical (unpaired) electrons. The van der Waals surface area contributed by atoms with Crippen LogP contribution in [0.3, 0.4) is 0 Å². The van der Waals surface area contributed by atoms with Gasteiger partial charge in [-0.3, -0.25) is 4.79 Å². The fourth-order valence-corrected chi connectivity index (χ4v) is 4.87. The number of amides is 1. The van der Waals surface area contributed by atoms with Gasteiger partial charge in [0.2, 0.25) is 5.91 Å². The molecule has 0 atom stereocenters. The summed E-state index contributed by atoms with van der Waals surface area (Å²) < 4.78 is 12.4. The first-order valence-electron chi connectivity index (χ1n) is 12.3. The summed E-state index contributed by atoms with van der Waals surface area (Å²) in [7, 11) is 3.18. The predicted octanol–water partition coefficient (Wildman–Crippen LogP) is 4.16. The Kier molecular flexibility index (Phi) is 8.69. The maximum Gasteiger partial charge on any atom is 0.244 e. The number of piperidine rings is 1. The van der Waals surface area contributed by atoms with E-state index in [1.165, 1.54) is 25.3 Å². The summed E-state index contributed by atoms with van der Waals surface area (Å²) in [6.07, 6.45) is 8.72. The number of ether oxygens (including phenoxy) is 2. The van der Waals surface area contributed by atoms with Gasteiger partial charge in [-0.2, -0.15) is 5.10 Å². The molecule has 192 valence electrons. The number of hydrogen-bond acceptors (Lipinski definition) is 8. The number of thioether (sulfide) groups is 1. The highest BCUT2D eigenvalue weighted by Crippen LogP contribution is 2.30. The maximum absolute atomic E-state index is 12.4. The van der Waals surface area contributed by atoms with Gasteiger partial charge in [0, 0.05) is 31.0 Å². The monoisotopic (exact) mass is 510 g/mol. The van der Waals surface area contributed by atoms with Crippen LogP contribution in [-0.4, -0.2) is 64.8 Å². The first-order valence-corrected chi connectivity index (χ1v) is 13.2. The van der Waals surface area contributed by atoms with E-state index in [1.807, 2.05) is 29.1 Å². The van der Waals surface area contributed by atoms with Crippen LogP contribution in [-0.2, 0) is 11.3 Å². The number of rotatable bonds is 10. The molecule has 36 heavy (non-hydrogen) atoms. The number of fused-ring (bicyclic) bond motifs is 1. The zero-order chi connectivity index (χ0) is 25.5. The molecule has 1 aromatic carbocycles. The minimum Gasteiger partial charge on any atom is -0.493 e. The highest BCUT2D eigenvalue weighted by Gasteiger charge is 2.20. The van der Waals surface area contributed by atoms with Crippen LogP contribution in [0.4, 0.5) is 5.82 Å². The number of nitrogens with one attached hydrogen (secondary N) is 1. The number of methoxy groups -OCH3 is 2. The SMILES string of the molecule is COc1ccc(/C=C\C(=O)NCCn2ncc3c(N4CCCCC4)nc(SC(C)C)nc32)cc1OC. The summed E-state index contributed by atoms with van der Waals surface area (Å²) in [4.78, 5) is 24.5. The molecule has 4 rings (SSSR count). The molecule has 1 aliphatic heterocycles. The second-order valence-electron chi connectivity index (χ2n) is 8.89. The summed E-state index contributed by atoms with van der Waals surface area (Å²) in [5.74, 6) is 2.05. The zero-order valence-electron chi connectivity index (χ0n) is 21.4. The van der Waals surface area contributed by atoms with E-state index in [4.69, 9.17) is 19.4 Å². The third kappa shape index (κ3) is 6.29. The van der Waals surface area contributed by atoms with Gasteiger partial charge < -0.3 is 19.7 Å². The number of aromatic nitrogens is 4. The number of carbonyl (C=O) groups excluding carboxylic acids is 1. The van der Waals surface area contributed by atoms with E-state index >= 15 is 0 Å². The van der Waals surface area contributed by atoms with Gasteiger partial charge in [-0.1, -0.05) is 31.7 Å². The molecule has 1 saturated heterocycles. The van der Waals surface area contributed by atoms with Gasteiger partial charge in [0.05, 0.1) is 32.3 Å². The van der Waals surface area contributed by atoms with Crippen LogP contribution in [0.1, 0.15) is 38.7 Å². The topological polar surface area (TPSA) is 94.4 Å². The Labute approximate surface area is 216 Å². The lowest BCUT2D eigenvalue weighted by Gasteiger charge is -2.28. The summed E-state index contributed by atoms with van der Waals surface area (Å²) >= 11 is 1.66. The van der Waals surface area contributed by atoms with Gasteiger partial charge in [0.25, 0.3) is 0 Å². The first kappa shape index (κ1) is 25.8. The second-order valence-corrected chi connectivity index (χ2v) is 10.4. The minimum atomic E-state index is -0.180. The predicted molar refractivity (Wildman–Crippen MR) is 144 cm³/mol. The maximum atomic E-state index is 12.4. The van der Waals surface area contributed by atoms with Crippen molar-refractivity contribution in [1.82, 2.24) is 25.1 Å². The van der Waals surface area contributed by atoms with E-state index < -0.39 is 0 Å². The van der Waals surface area contributed by atoms with Crippen LogP contribution >= 0.6 is 11.8 Å². The van der Waals surface area contributed by atoms with E-state index in [9.17, 15) is 4.79 Å². The minimum absolute atomic E-state index is 0.180. The lowest BCUT2D eigenvalue weighted by molar-refractivity contribution is -0.116. The summed E-state index contributed by atoms with van der Waals surface area (Å²) in [6.45, 7) is 7.24. The van der Waals surface area contributed by atoms with Crippen molar-refractivity contribution in [3.63, 3.8) is 0 Å².